The van der Waals surface area contributed by atoms with Crippen molar-refractivity contribution in [2.45, 2.75) is 0 Å². The molecule has 0 bridgehead atoms. The summed E-state index contributed by atoms with van der Waals surface area (Å²) in [6.45, 7) is 0. The molecule has 0 amide bonds. The summed E-state index contributed by atoms with van der Waals surface area (Å²) in [5.74, 6) is -0.946. The Morgan fingerprint density at radius 3 is 2.82 bits per heavy atom. The van der Waals surface area contributed by atoms with Crippen molar-refractivity contribution < 1.29 is 9.31 Å². The minimum Gasteiger partial charge on any atom is -0.258 e. The van der Waals surface area contributed by atoms with Crippen LogP contribution in [0.4, 0.5) is 10.1 Å². The Morgan fingerprint density at radius 1 is 1.73 bits per heavy atom. The number of hydrogen-bond acceptors (Lipinski definition) is 2. The third-order valence-corrected chi connectivity index (χ3v) is 1.26. The summed E-state index contributed by atoms with van der Waals surface area (Å²) in [6.07, 6.45) is 0. The van der Waals surface area contributed by atoms with Gasteiger partial charge in [0.2, 0.25) is 5.82 Å². The Balaban J connectivity index is 3.20. The van der Waals surface area contributed by atoms with Crippen LogP contribution in [-0.4, -0.2) is 4.92 Å². The lowest BCUT2D eigenvalue weighted by molar-refractivity contribution is -0.387. The third-order valence-electron chi connectivity index (χ3n) is 1.04. The van der Waals surface area contributed by atoms with Crippen LogP contribution in [0.1, 0.15) is 0 Å². The maximum Gasteiger partial charge on any atom is 0.305 e. The first kappa shape index (κ1) is 7.94. The second-order valence-electron chi connectivity index (χ2n) is 1.77. The second-order valence-corrected chi connectivity index (χ2v) is 2.18. The van der Waals surface area contributed by atoms with E-state index >= 15 is 0 Å². The lowest BCUT2D eigenvalue weighted by Gasteiger charge is -1.91. The summed E-state index contributed by atoms with van der Waals surface area (Å²) in [4.78, 5) is 9.20. The maximum atomic E-state index is 12.6. The minimum atomic E-state index is -0.946. The number of benzene rings is 1. The zero-order valence-corrected chi connectivity index (χ0v) is 5.93. The Labute approximate surface area is 66.6 Å². The number of hydrogen-bond donors (Lipinski definition) is 0. The van der Waals surface area contributed by atoms with Gasteiger partial charge in [0.05, 0.1) is 9.95 Å². The van der Waals surface area contributed by atoms with Gasteiger partial charge in [-0.2, -0.15) is 4.39 Å². The Morgan fingerprint density at radius 2 is 2.36 bits per heavy atom. The van der Waals surface area contributed by atoms with Crippen LogP contribution in [0.2, 0.25) is 5.02 Å². The van der Waals surface area contributed by atoms with Gasteiger partial charge in [0.15, 0.2) is 0 Å². The highest BCUT2D eigenvalue weighted by atomic mass is 35.5. The molecule has 0 N–H and O–H groups in total. The van der Waals surface area contributed by atoms with Gasteiger partial charge in [-0.15, -0.1) is 0 Å². The monoisotopic (exact) mass is 174 g/mol. The SMILES string of the molecule is O=[N+]([O-])c1c[c]c(Cl)cc1F. The molecule has 1 aromatic rings. The lowest BCUT2D eigenvalue weighted by Crippen LogP contribution is -1.91. The van der Waals surface area contributed by atoms with Crippen LogP contribution in [0.25, 0.3) is 0 Å². The molecule has 0 saturated heterocycles. The Hall–Kier alpha value is -1.16. The minimum absolute atomic E-state index is 0.0214. The topological polar surface area (TPSA) is 43.1 Å². The van der Waals surface area contributed by atoms with Crippen LogP contribution in [0.15, 0.2) is 12.1 Å². The third kappa shape index (κ3) is 1.65. The fourth-order valence-corrected chi connectivity index (χ4v) is 0.723. The fraction of sp³-hybridized carbons (Fsp3) is 0. The molecule has 5 heteroatoms. The lowest BCUT2D eigenvalue weighted by atomic mass is 10.3. The van der Waals surface area contributed by atoms with Crippen LogP contribution in [-0.2, 0) is 0 Å². The second kappa shape index (κ2) is 2.84. The van der Waals surface area contributed by atoms with E-state index in [9.17, 15) is 14.5 Å². The molecular weight excluding hydrogens is 173 g/mol. The highest BCUT2D eigenvalue weighted by Gasteiger charge is 2.12. The van der Waals surface area contributed by atoms with Gasteiger partial charge < -0.3 is 0 Å². The average Bonchev–Trinajstić information content (AvgIpc) is 1.85. The smallest absolute Gasteiger partial charge is 0.258 e. The van der Waals surface area contributed by atoms with Crippen LogP contribution < -0.4 is 0 Å². The van der Waals surface area contributed by atoms with Crippen molar-refractivity contribution in [3.63, 3.8) is 0 Å². The number of nitrogens with zero attached hydrogens (tertiary/aromatic N) is 1. The number of rotatable bonds is 1. The molecule has 0 aliphatic rings. The fourth-order valence-electron chi connectivity index (χ4n) is 0.573. The van der Waals surface area contributed by atoms with Crippen LogP contribution in [0.5, 0.6) is 0 Å². The molecule has 0 heterocycles. The normalized spacial score (nSPS) is 9.64. The molecule has 0 fully saturated rings. The van der Waals surface area contributed by atoms with E-state index in [-0.39, 0.29) is 5.02 Å². The summed E-state index contributed by atoms with van der Waals surface area (Å²) in [5, 5.41) is 10.1. The molecule has 0 unspecified atom stereocenters. The van der Waals surface area contributed by atoms with E-state index in [0.29, 0.717) is 0 Å². The largest absolute Gasteiger partial charge is 0.305 e. The van der Waals surface area contributed by atoms with Crippen LogP contribution >= 0.6 is 11.6 Å². The predicted octanol–water partition coefficient (Wildman–Crippen LogP) is 2.19. The van der Waals surface area contributed by atoms with E-state index < -0.39 is 16.4 Å². The van der Waals surface area contributed by atoms with Crippen molar-refractivity contribution in [3.05, 3.63) is 39.2 Å². The van der Waals surface area contributed by atoms with Gasteiger partial charge >= 0.3 is 5.69 Å². The number of halogens is 2. The molecule has 0 aliphatic carbocycles. The Bertz CT molecular complexity index is 303. The first-order chi connectivity index (χ1) is 5.11. The Kier molecular flexibility index (Phi) is 2.05. The summed E-state index contributed by atoms with van der Waals surface area (Å²) in [6, 6.07) is 4.05. The molecular formula is C6H2ClFNO2. The van der Waals surface area contributed by atoms with E-state index in [0.717, 1.165) is 12.1 Å². The predicted molar refractivity (Wildman–Crippen MR) is 36.9 cm³/mol. The highest BCUT2D eigenvalue weighted by Crippen LogP contribution is 2.19. The van der Waals surface area contributed by atoms with E-state index in [1.54, 1.807) is 0 Å². The average molecular weight is 175 g/mol. The van der Waals surface area contributed by atoms with E-state index in [2.05, 4.69) is 6.07 Å². The summed E-state index contributed by atoms with van der Waals surface area (Å²) >= 11 is 5.30. The van der Waals surface area contributed by atoms with Gasteiger partial charge in [-0.05, 0) is 0 Å². The first-order valence-corrected chi connectivity index (χ1v) is 3.00. The van der Waals surface area contributed by atoms with Crippen LogP contribution in [0, 0.1) is 22.0 Å². The molecule has 0 spiro atoms. The zero-order valence-electron chi connectivity index (χ0n) is 5.17. The molecule has 0 atom stereocenters. The zero-order chi connectivity index (χ0) is 8.43. The summed E-state index contributed by atoms with van der Waals surface area (Å²) in [5.41, 5.74) is -0.616. The summed E-state index contributed by atoms with van der Waals surface area (Å²) in [7, 11) is 0. The van der Waals surface area contributed by atoms with Crippen LogP contribution in [0.3, 0.4) is 0 Å². The molecule has 0 aromatic heterocycles. The number of nitro groups is 1. The van der Waals surface area contributed by atoms with Gasteiger partial charge in [-0.25, -0.2) is 0 Å². The highest BCUT2D eigenvalue weighted by molar-refractivity contribution is 6.30. The molecule has 1 aromatic carbocycles. The van der Waals surface area contributed by atoms with Gasteiger partial charge in [-0.1, -0.05) is 11.6 Å². The standard InChI is InChI=1S/C6H2ClFNO2/c7-4-1-2-6(9(10)11)5(8)3-4/h2-3H. The van der Waals surface area contributed by atoms with Gasteiger partial charge in [0.25, 0.3) is 0 Å². The van der Waals surface area contributed by atoms with Gasteiger partial charge in [0.1, 0.15) is 0 Å². The first-order valence-electron chi connectivity index (χ1n) is 2.62. The molecule has 0 saturated carbocycles. The van der Waals surface area contributed by atoms with Crippen molar-refractivity contribution in [2.24, 2.45) is 0 Å². The molecule has 3 nitrogen and oxygen atoms in total. The molecule has 57 valence electrons. The molecule has 11 heavy (non-hydrogen) atoms. The molecule has 1 radical (unpaired) electrons. The van der Waals surface area contributed by atoms with E-state index in [1.165, 1.54) is 0 Å². The van der Waals surface area contributed by atoms with E-state index in [4.69, 9.17) is 11.6 Å². The summed E-state index contributed by atoms with van der Waals surface area (Å²) < 4.78 is 12.6. The van der Waals surface area contributed by atoms with Crippen molar-refractivity contribution in [2.75, 3.05) is 0 Å². The quantitative estimate of drug-likeness (QED) is 0.484. The van der Waals surface area contributed by atoms with Crippen molar-refractivity contribution in [1.29, 1.82) is 0 Å². The molecule has 1 rings (SSSR count). The van der Waals surface area contributed by atoms with Crippen molar-refractivity contribution in [1.82, 2.24) is 0 Å². The van der Waals surface area contributed by atoms with Crippen molar-refractivity contribution in [3.8, 4) is 0 Å². The number of nitro benzene ring substituents is 1. The van der Waals surface area contributed by atoms with Gasteiger partial charge in [-0.3, -0.25) is 10.1 Å². The maximum absolute atomic E-state index is 12.6. The van der Waals surface area contributed by atoms with Crippen molar-refractivity contribution >= 4 is 17.3 Å². The van der Waals surface area contributed by atoms with Gasteiger partial charge in [0, 0.05) is 18.2 Å². The van der Waals surface area contributed by atoms with E-state index in [1.807, 2.05) is 0 Å². The molecule has 0 aliphatic heterocycles.